The lowest BCUT2D eigenvalue weighted by Crippen LogP contribution is -2.43. The van der Waals surface area contributed by atoms with Gasteiger partial charge < -0.3 is 9.88 Å². The number of hydrogen-bond donors (Lipinski definition) is 2. The molecular weight excluding hydrogens is 335 g/mol. The van der Waals surface area contributed by atoms with Crippen LogP contribution in [-0.2, 0) is 11.3 Å². The van der Waals surface area contributed by atoms with Gasteiger partial charge in [0.05, 0.1) is 5.75 Å². The summed E-state index contributed by atoms with van der Waals surface area (Å²) in [6.07, 6.45) is 0.103. The van der Waals surface area contributed by atoms with Crippen molar-refractivity contribution >= 4 is 23.7 Å². The number of amides is 3. The Labute approximate surface area is 135 Å². The number of nitrogens with one attached hydrogen (secondary N) is 2. The van der Waals surface area contributed by atoms with Crippen molar-refractivity contribution < 1.29 is 22.8 Å². The molecule has 0 aromatic carbocycles. The molecule has 0 saturated heterocycles. The predicted octanol–water partition coefficient (Wildman–Crippen LogP) is 1.95. The van der Waals surface area contributed by atoms with Gasteiger partial charge in [0.15, 0.2) is 5.16 Å². The van der Waals surface area contributed by atoms with Crippen LogP contribution < -0.4 is 10.6 Å². The molecule has 7 nitrogen and oxygen atoms in total. The van der Waals surface area contributed by atoms with Gasteiger partial charge in [-0.2, -0.15) is 13.2 Å². The summed E-state index contributed by atoms with van der Waals surface area (Å²) in [5.41, 5.74) is 0. The number of carbonyl (C=O) groups excluding carboxylic acids is 2. The summed E-state index contributed by atoms with van der Waals surface area (Å²) in [4.78, 5) is 22.6. The number of unbranched alkanes of at least 4 members (excludes halogenated alkanes) is 2. The van der Waals surface area contributed by atoms with Crippen LogP contribution in [0.2, 0.25) is 0 Å². The lowest BCUT2D eigenvalue weighted by atomic mass is 10.2. The molecule has 0 aliphatic rings. The smallest absolute Gasteiger partial charge is 0.329 e. The highest BCUT2D eigenvalue weighted by atomic mass is 32.2. The van der Waals surface area contributed by atoms with Gasteiger partial charge in [0.25, 0.3) is 0 Å². The second kappa shape index (κ2) is 9.38. The van der Waals surface area contributed by atoms with Crippen LogP contribution in [0.25, 0.3) is 0 Å². The van der Waals surface area contributed by atoms with Gasteiger partial charge in [-0.25, -0.2) is 4.79 Å². The molecule has 0 bridgehead atoms. The number of urea groups is 1. The highest BCUT2D eigenvalue weighted by Gasteiger charge is 2.27. The minimum atomic E-state index is -4.52. The van der Waals surface area contributed by atoms with Crippen LogP contribution in [0.4, 0.5) is 18.0 Å². The van der Waals surface area contributed by atoms with Gasteiger partial charge in [-0.15, -0.1) is 10.2 Å². The number of nitrogens with zero attached hydrogens (tertiary/aromatic N) is 3. The van der Waals surface area contributed by atoms with Crippen molar-refractivity contribution in [1.82, 2.24) is 25.4 Å². The van der Waals surface area contributed by atoms with Crippen LogP contribution >= 0.6 is 11.8 Å². The zero-order valence-electron chi connectivity index (χ0n) is 12.5. The molecule has 2 N–H and O–H groups in total. The molecule has 3 amide bonds. The van der Waals surface area contributed by atoms with Gasteiger partial charge in [-0.3, -0.25) is 10.1 Å². The average Bonchev–Trinajstić information content (AvgIpc) is 2.90. The zero-order valence-corrected chi connectivity index (χ0v) is 13.3. The Balaban J connectivity index is 2.33. The largest absolute Gasteiger partial charge is 0.405 e. The molecule has 0 atom stereocenters. The van der Waals surface area contributed by atoms with Crippen LogP contribution in [0.15, 0.2) is 11.5 Å². The van der Waals surface area contributed by atoms with E-state index in [1.54, 1.807) is 16.2 Å². The number of rotatable bonds is 8. The normalized spacial score (nSPS) is 11.3. The van der Waals surface area contributed by atoms with Crippen LogP contribution in [0.5, 0.6) is 0 Å². The van der Waals surface area contributed by atoms with E-state index in [9.17, 15) is 22.8 Å². The van der Waals surface area contributed by atoms with E-state index in [0.717, 1.165) is 37.6 Å². The van der Waals surface area contributed by atoms with E-state index >= 15 is 0 Å². The third kappa shape index (κ3) is 8.43. The summed E-state index contributed by atoms with van der Waals surface area (Å²) in [6.45, 7) is 1.30. The maximum atomic E-state index is 11.9. The number of alkyl halides is 3. The highest BCUT2D eigenvalue weighted by Crippen LogP contribution is 2.15. The van der Waals surface area contributed by atoms with Crippen molar-refractivity contribution in [3.63, 3.8) is 0 Å². The Morgan fingerprint density at radius 2 is 2.09 bits per heavy atom. The standard InChI is InChI=1S/C12H18F3N5O2S/c1-2-3-4-5-20-8-17-19-11(20)23-6-9(21)18-10(22)16-7-12(13,14)15/h8H,2-7H2,1H3,(H2,16,18,21,22). The van der Waals surface area contributed by atoms with E-state index in [4.69, 9.17) is 0 Å². The number of carbonyl (C=O) groups is 2. The highest BCUT2D eigenvalue weighted by molar-refractivity contribution is 7.99. The van der Waals surface area contributed by atoms with Gasteiger partial charge in [-0.1, -0.05) is 31.5 Å². The Morgan fingerprint density at radius 3 is 2.74 bits per heavy atom. The zero-order chi connectivity index (χ0) is 17.3. The summed E-state index contributed by atoms with van der Waals surface area (Å²) >= 11 is 1.06. The second-order valence-corrected chi connectivity index (χ2v) is 5.59. The Bertz CT molecular complexity index is 521. The van der Waals surface area contributed by atoms with Crippen molar-refractivity contribution in [2.45, 2.75) is 44.1 Å². The molecule has 11 heteroatoms. The van der Waals surface area contributed by atoms with E-state index in [1.165, 1.54) is 0 Å². The lowest BCUT2D eigenvalue weighted by Gasteiger charge is -2.09. The first kappa shape index (κ1) is 19.3. The van der Waals surface area contributed by atoms with Crippen molar-refractivity contribution in [3.05, 3.63) is 6.33 Å². The van der Waals surface area contributed by atoms with Gasteiger partial charge in [0.2, 0.25) is 5.91 Å². The van der Waals surface area contributed by atoms with Gasteiger partial charge in [0, 0.05) is 6.54 Å². The van der Waals surface area contributed by atoms with Crippen LogP contribution in [-0.4, -0.2) is 45.2 Å². The van der Waals surface area contributed by atoms with Crippen LogP contribution in [0.3, 0.4) is 0 Å². The molecule has 1 aromatic heterocycles. The maximum Gasteiger partial charge on any atom is 0.405 e. The summed E-state index contributed by atoms with van der Waals surface area (Å²) in [6, 6.07) is -1.18. The molecule has 130 valence electrons. The number of aryl methyl sites for hydroxylation is 1. The minimum Gasteiger partial charge on any atom is -0.329 e. The second-order valence-electron chi connectivity index (χ2n) is 4.65. The van der Waals surface area contributed by atoms with E-state index < -0.39 is 24.7 Å². The average molecular weight is 353 g/mol. The number of aromatic nitrogens is 3. The summed E-state index contributed by atoms with van der Waals surface area (Å²) in [5, 5.41) is 11.5. The first-order valence-corrected chi connectivity index (χ1v) is 7.95. The lowest BCUT2D eigenvalue weighted by molar-refractivity contribution is -0.124. The molecule has 0 aliphatic carbocycles. The molecular formula is C12H18F3N5O2S. The fourth-order valence-corrected chi connectivity index (χ4v) is 2.30. The van der Waals surface area contributed by atoms with Gasteiger partial charge in [-0.05, 0) is 6.42 Å². The van der Waals surface area contributed by atoms with Gasteiger partial charge in [0.1, 0.15) is 12.9 Å². The van der Waals surface area contributed by atoms with E-state index in [2.05, 4.69) is 17.1 Å². The summed E-state index contributed by atoms with van der Waals surface area (Å²) in [5.74, 6) is -0.857. The maximum absolute atomic E-state index is 11.9. The number of hydrogen-bond acceptors (Lipinski definition) is 5. The molecule has 1 heterocycles. The molecule has 0 unspecified atom stereocenters. The topological polar surface area (TPSA) is 88.9 Å². The molecule has 0 aliphatic heterocycles. The third-order valence-corrected chi connectivity index (χ3v) is 3.60. The predicted molar refractivity (Wildman–Crippen MR) is 77.9 cm³/mol. The summed E-state index contributed by atoms with van der Waals surface area (Å²) in [7, 11) is 0. The van der Waals surface area contributed by atoms with Gasteiger partial charge >= 0.3 is 12.2 Å². The summed E-state index contributed by atoms with van der Waals surface area (Å²) < 4.78 is 37.5. The fraction of sp³-hybridized carbons (Fsp3) is 0.667. The van der Waals surface area contributed by atoms with Crippen molar-refractivity contribution in [2.75, 3.05) is 12.3 Å². The number of thioether (sulfide) groups is 1. The minimum absolute atomic E-state index is 0.147. The van der Waals surface area contributed by atoms with E-state index in [1.807, 2.05) is 5.32 Å². The Morgan fingerprint density at radius 1 is 1.35 bits per heavy atom. The van der Waals surface area contributed by atoms with Crippen LogP contribution in [0.1, 0.15) is 26.2 Å². The molecule has 0 radical (unpaired) electrons. The quantitative estimate of drug-likeness (QED) is 0.551. The molecule has 23 heavy (non-hydrogen) atoms. The fourth-order valence-electron chi connectivity index (χ4n) is 1.56. The molecule has 0 saturated carbocycles. The van der Waals surface area contributed by atoms with E-state index in [-0.39, 0.29) is 5.75 Å². The molecule has 1 rings (SSSR count). The first-order valence-electron chi connectivity index (χ1n) is 6.97. The third-order valence-electron chi connectivity index (χ3n) is 2.62. The van der Waals surface area contributed by atoms with E-state index in [0.29, 0.717) is 5.16 Å². The monoisotopic (exact) mass is 353 g/mol. The van der Waals surface area contributed by atoms with Crippen molar-refractivity contribution in [1.29, 1.82) is 0 Å². The first-order chi connectivity index (χ1) is 10.8. The van der Waals surface area contributed by atoms with Crippen molar-refractivity contribution in [3.8, 4) is 0 Å². The molecule has 0 spiro atoms. The number of imide groups is 1. The number of halogens is 3. The van der Waals surface area contributed by atoms with Crippen molar-refractivity contribution in [2.24, 2.45) is 0 Å². The Kier molecular flexibility index (Phi) is 7.86. The van der Waals surface area contributed by atoms with Crippen LogP contribution in [0, 0.1) is 0 Å². The Hall–Kier alpha value is -1.78. The molecule has 1 aromatic rings. The SMILES string of the molecule is CCCCCn1cnnc1SCC(=O)NC(=O)NCC(F)(F)F. The molecule has 0 fully saturated rings.